The summed E-state index contributed by atoms with van der Waals surface area (Å²) in [5, 5.41) is 3.38. The van der Waals surface area contributed by atoms with Crippen molar-refractivity contribution < 1.29 is 9.18 Å². The van der Waals surface area contributed by atoms with Crippen molar-refractivity contribution in [3.8, 4) is 0 Å². The molecule has 5 heteroatoms. The molecule has 3 N–H and O–H groups in total. The normalized spacial score (nSPS) is 14.6. The third kappa shape index (κ3) is 3.68. The first-order valence-corrected chi connectivity index (χ1v) is 6.21. The Hall–Kier alpha value is -1.13. The summed E-state index contributed by atoms with van der Waals surface area (Å²) in [5.74, 6) is -0.733. The van der Waals surface area contributed by atoms with Gasteiger partial charge in [0.05, 0.1) is 6.04 Å². The number of rotatable bonds is 5. The lowest BCUT2D eigenvalue weighted by atomic mass is 9.94. The first kappa shape index (κ1) is 14.9. The van der Waals surface area contributed by atoms with Crippen LogP contribution in [-0.4, -0.2) is 11.9 Å². The number of hydrogen-bond donors (Lipinski definition) is 2. The van der Waals surface area contributed by atoms with E-state index in [4.69, 9.17) is 17.3 Å². The molecule has 1 aromatic carbocycles. The van der Waals surface area contributed by atoms with Gasteiger partial charge in [-0.3, -0.25) is 10.1 Å². The molecule has 0 aliphatic rings. The summed E-state index contributed by atoms with van der Waals surface area (Å²) in [6.07, 6.45) is 0. The van der Waals surface area contributed by atoms with Gasteiger partial charge in [0.25, 0.3) is 0 Å². The maximum Gasteiger partial charge on any atom is 0.234 e. The topological polar surface area (TPSA) is 55.1 Å². The molecule has 3 nitrogen and oxygen atoms in total. The van der Waals surface area contributed by atoms with Gasteiger partial charge in [-0.05, 0) is 25.0 Å². The quantitative estimate of drug-likeness (QED) is 0.866. The highest BCUT2D eigenvalue weighted by atomic mass is 35.5. The largest absolute Gasteiger partial charge is 0.368 e. The summed E-state index contributed by atoms with van der Waals surface area (Å²) in [7, 11) is 0. The molecule has 0 aliphatic heterocycles. The van der Waals surface area contributed by atoms with Crippen molar-refractivity contribution in [2.75, 3.05) is 0 Å². The molecule has 1 rings (SSSR count). The first-order valence-electron chi connectivity index (χ1n) is 5.83. The molecule has 0 unspecified atom stereocenters. The zero-order valence-electron chi connectivity index (χ0n) is 10.7. The second kappa shape index (κ2) is 6.16. The average molecular weight is 273 g/mol. The van der Waals surface area contributed by atoms with E-state index in [-0.39, 0.29) is 17.8 Å². The second-order valence-electron chi connectivity index (χ2n) is 4.68. The third-order valence-electron chi connectivity index (χ3n) is 2.82. The summed E-state index contributed by atoms with van der Waals surface area (Å²) in [5.41, 5.74) is 5.70. The molecular formula is C13H18ClFN2O. The van der Waals surface area contributed by atoms with Crippen molar-refractivity contribution in [3.05, 3.63) is 34.6 Å². The molecule has 1 aromatic rings. The van der Waals surface area contributed by atoms with Crippen LogP contribution in [0.2, 0.25) is 5.02 Å². The predicted octanol–water partition coefficient (Wildman–Crippen LogP) is 2.64. The number of nitrogens with two attached hydrogens (primary N) is 1. The van der Waals surface area contributed by atoms with Gasteiger partial charge in [0.15, 0.2) is 0 Å². The van der Waals surface area contributed by atoms with E-state index in [1.54, 1.807) is 19.1 Å². The Morgan fingerprint density at radius 3 is 2.44 bits per heavy atom. The van der Waals surface area contributed by atoms with Gasteiger partial charge < -0.3 is 5.73 Å². The molecule has 0 bridgehead atoms. The van der Waals surface area contributed by atoms with Crippen LogP contribution in [0.3, 0.4) is 0 Å². The highest BCUT2D eigenvalue weighted by Gasteiger charge is 2.23. The van der Waals surface area contributed by atoms with Crippen LogP contribution in [0.4, 0.5) is 4.39 Å². The lowest BCUT2D eigenvalue weighted by Crippen LogP contribution is -2.42. The van der Waals surface area contributed by atoms with E-state index in [1.165, 1.54) is 6.07 Å². The average Bonchev–Trinajstić information content (AvgIpc) is 2.26. The molecule has 1 amide bonds. The van der Waals surface area contributed by atoms with E-state index in [0.717, 1.165) is 0 Å². The molecule has 0 spiro atoms. The fourth-order valence-corrected chi connectivity index (χ4v) is 1.91. The lowest BCUT2D eigenvalue weighted by molar-refractivity contribution is -0.119. The van der Waals surface area contributed by atoms with Crippen LogP contribution in [0.25, 0.3) is 0 Å². The number of carbonyl (C=O) groups is 1. The highest BCUT2D eigenvalue weighted by molar-refractivity contribution is 6.30. The highest BCUT2D eigenvalue weighted by Crippen LogP contribution is 2.26. The summed E-state index contributed by atoms with van der Waals surface area (Å²) in [6.45, 7) is 5.55. The second-order valence-corrected chi connectivity index (χ2v) is 5.11. The molecule has 0 aliphatic carbocycles. The molecule has 0 fully saturated rings. The minimum atomic E-state index is -0.521. The number of primary amides is 1. The van der Waals surface area contributed by atoms with Crippen molar-refractivity contribution in [2.45, 2.75) is 32.9 Å². The summed E-state index contributed by atoms with van der Waals surface area (Å²) < 4.78 is 13.9. The van der Waals surface area contributed by atoms with Crippen molar-refractivity contribution in [1.82, 2.24) is 5.32 Å². The van der Waals surface area contributed by atoms with E-state index < -0.39 is 11.9 Å². The van der Waals surface area contributed by atoms with Gasteiger partial charge in [-0.15, -0.1) is 0 Å². The number of carbonyl (C=O) groups excluding carboxylic acids is 1. The summed E-state index contributed by atoms with van der Waals surface area (Å²) >= 11 is 5.72. The predicted molar refractivity (Wildman–Crippen MR) is 70.8 cm³/mol. The minimum absolute atomic E-state index is 0.113. The van der Waals surface area contributed by atoms with E-state index in [9.17, 15) is 9.18 Å². The van der Waals surface area contributed by atoms with Gasteiger partial charge in [0.1, 0.15) is 5.82 Å². The molecule has 18 heavy (non-hydrogen) atoms. The van der Waals surface area contributed by atoms with Crippen molar-refractivity contribution in [3.63, 3.8) is 0 Å². The number of benzene rings is 1. The van der Waals surface area contributed by atoms with E-state index in [1.807, 2.05) is 13.8 Å². The molecule has 0 aromatic heterocycles. The molecule has 0 saturated carbocycles. The molecule has 100 valence electrons. The van der Waals surface area contributed by atoms with Gasteiger partial charge in [0, 0.05) is 16.6 Å². The molecular weight excluding hydrogens is 255 g/mol. The Balaban J connectivity index is 3.01. The number of hydrogen-bond acceptors (Lipinski definition) is 2. The van der Waals surface area contributed by atoms with E-state index in [0.29, 0.717) is 10.6 Å². The zero-order valence-corrected chi connectivity index (χ0v) is 11.5. The van der Waals surface area contributed by atoms with Crippen molar-refractivity contribution in [1.29, 1.82) is 0 Å². The summed E-state index contributed by atoms with van der Waals surface area (Å²) in [6, 6.07) is 3.72. The van der Waals surface area contributed by atoms with E-state index in [2.05, 4.69) is 5.32 Å². The Morgan fingerprint density at radius 2 is 2.00 bits per heavy atom. The van der Waals surface area contributed by atoms with Crippen molar-refractivity contribution in [2.24, 2.45) is 11.7 Å². The zero-order chi connectivity index (χ0) is 13.9. The van der Waals surface area contributed by atoms with Gasteiger partial charge in [-0.2, -0.15) is 0 Å². The SMILES string of the molecule is CC(C)[C@@H](N[C@@H](C)C(N)=O)c1ccc(Cl)cc1F. The number of nitrogens with one attached hydrogen (secondary N) is 1. The van der Waals surface area contributed by atoms with Crippen LogP contribution in [0.1, 0.15) is 32.4 Å². The first-order chi connectivity index (χ1) is 8.32. The molecule has 0 radical (unpaired) electrons. The molecule has 0 saturated heterocycles. The Morgan fingerprint density at radius 1 is 1.39 bits per heavy atom. The van der Waals surface area contributed by atoms with Crippen LogP contribution in [-0.2, 0) is 4.79 Å². The number of amides is 1. The maximum atomic E-state index is 13.9. The van der Waals surface area contributed by atoms with Crippen LogP contribution in [0, 0.1) is 11.7 Å². The van der Waals surface area contributed by atoms with Crippen LogP contribution in [0.5, 0.6) is 0 Å². The molecule has 0 heterocycles. The number of halogens is 2. The molecule has 2 atom stereocenters. The lowest BCUT2D eigenvalue weighted by Gasteiger charge is -2.26. The standard InChI is InChI=1S/C13H18ClFN2O/c1-7(2)12(17-8(3)13(16)18)10-5-4-9(14)6-11(10)15/h4-8,12,17H,1-3H3,(H2,16,18)/t8-,12+/m0/s1. The van der Waals surface area contributed by atoms with Gasteiger partial charge in [-0.25, -0.2) is 4.39 Å². The summed E-state index contributed by atoms with van der Waals surface area (Å²) in [4.78, 5) is 11.1. The maximum absolute atomic E-state index is 13.9. The van der Waals surface area contributed by atoms with Crippen LogP contribution >= 0.6 is 11.6 Å². The minimum Gasteiger partial charge on any atom is -0.368 e. The van der Waals surface area contributed by atoms with Crippen LogP contribution < -0.4 is 11.1 Å². The monoisotopic (exact) mass is 272 g/mol. The van der Waals surface area contributed by atoms with Crippen molar-refractivity contribution >= 4 is 17.5 Å². The van der Waals surface area contributed by atoms with Crippen LogP contribution in [0.15, 0.2) is 18.2 Å². The third-order valence-corrected chi connectivity index (χ3v) is 3.06. The van der Waals surface area contributed by atoms with E-state index >= 15 is 0 Å². The van der Waals surface area contributed by atoms with Gasteiger partial charge in [-0.1, -0.05) is 31.5 Å². The Kier molecular flexibility index (Phi) is 5.11. The fourth-order valence-electron chi connectivity index (χ4n) is 1.75. The Labute approximate surface area is 112 Å². The van der Waals surface area contributed by atoms with Gasteiger partial charge >= 0.3 is 0 Å². The Bertz CT molecular complexity index is 437. The smallest absolute Gasteiger partial charge is 0.234 e. The fraction of sp³-hybridized carbons (Fsp3) is 0.462. The van der Waals surface area contributed by atoms with Gasteiger partial charge in [0.2, 0.25) is 5.91 Å².